The largest absolute Gasteiger partial charge is 0.315 e. The molecule has 1 fully saturated rings. The number of rotatable bonds is 1. The van der Waals surface area contributed by atoms with E-state index < -0.39 is 0 Å². The molecule has 1 aliphatic heterocycles. The summed E-state index contributed by atoms with van der Waals surface area (Å²) in [7, 11) is 0. The average molecular weight is 202 g/mol. The van der Waals surface area contributed by atoms with Gasteiger partial charge in [0.15, 0.2) is 0 Å². The standard InChI is InChI=1S/C9H9Cl2N/c10-8-3-1-2-7(9(8)11)6-4-12-5-6/h1-3,6,12H,4-5H2. The van der Waals surface area contributed by atoms with Crippen molar-refractivity contribution in [3.05, 3.63) is 33.8 Å². The van der Waals surface area contributed by atoms with E-state index >= 15 is 0 Å². The fourth-order valence-electron chi connectivity index (χ4n) is 1.34. The molecule has 1 N–H and O–H groups in total. The van der Waals surface area contributed by atoms with Crippen molar-refractivity contribution in [3.63, 3.8) is 0 Å². The van der Waals surface area contributed by atoms with Gasteiger partial charge in [0, 0.05) is 19.0 Å². The second kappa shape index (κ2) is 3.25. The van der Waals surface area contributed by atoms with Crippen LogP contribution >= 0.6 is 23.2 Å². The van der Waals surface area contributed by atoms with E-state index in [1.165, 1.54) is 5.56 Å². The highest BCUT2D eigenvalue weighted by molar-refractivity contribution is 6.42. The summed E-state index contributed by atoms with van der Waals surface area (Å²) in [6, 6.07) is 5.81. The Kier molecular flexibility index (Phi) is 2.26. The van der Waals surface area contributed by atoms with Gasteiger partial charge in [0.25, 0.3) is 0 Å². The van der Waals surface area contributed by atoms with Crippen LogP contribution in [0.2, 0.25) is 10.0 Å². The highest BCUT2D eigenvalue weighted by Crippen LogP contribution is 2.32. The fraction of sp³-hybridized carbons (Fsp3) is 0.333. The van der Waals surface area contributed by atoms with Gasteiger partial charge < -0.3 is 5.32 Å². The zero-order chi connectivity index (χ0) is 8.55. The molecule has 0 spiro atoms. The molecule has 0 amide bonds. The van der Waals surface area contributed by atoms with Gasteiger partial charge in [-0.3, -0.25) is 0 Å². The van der Waals surface area contributed by atoms with Crippen LogP contribution in [0.4, 0.5) is 0 Å². The Balaban J connectivity index is 2.36. The maximum Gasteiger partial charge on any atom is 0.0628 e. The van der Waals surface area contributed by atoms with E-state index in [0.29, 0.717) is 16.0 Å². The van der Waals surface area contributed by atoms with Crippen molar-refractivity contribution in [3.8, 4) is 0 Å². The minimum Gasteiger partial charge on any atom is -0.315 e. The molecule has 3 heteroatoms. The third-order valence-corrected chi connectivity index (χ3v) is 3.04. The van der Waals surface area contributed by atoms with Crippen molar-refractivity contribution in [2.24, 2.45) is 0 Å². The number of benzene rings is 1. The van der Waals surface area contributed by atoms with Gasteiger partial charge in [-0.15, -0.1) is 0 Å². The predicted octanol–water partition coefficient (Wildman–Crippen LogP) is 2.68. The van der Waals surface area contributed by atoms with Gasteiger partial charge in [0.1, 0.15) is 0 Å². The molecule has 64 valence electrons. The zero-order valence-electron chi connectivity index (χ0n) is 6.48. The molecule has 1 aromatic carbocycles. The summed E-state index contributed by atoms with van der Waals surface area (Å²) in [5.41, 5.74) is 1.17. The molecule has 1 saturated heterocycles. The highest BCUT2D eigenvalue weighted by Gasteiger charge is 2.21. The van der Waals surface area contributed by atoms with Gasteiger partial charge in [-0.1, -0.05) is 35.3 Å². The van der Waals surface area contributed by atoms with E-state index in [1.54, 1.807) is 0 Å². The quantitative estimate of drug-likeness (QED) is 0.738. The van der Waals surface area contributed by atoms with Crippen LogP contribution in [0.15, 0.2) is 18.2 Å². The minimum atomic E-state index is 0.552. The molecule has 0 bridgehead atoms. The monoisotopic (exact) mass is 201 g/mol. The molecular weight excluding hydrogens is 193 g/mol. The molecule has 0 saturated carbocycles. The van der Waals surface area contributed by atoms with Crippen LogP contribution in [0.3, 0.4) is 0 Å². The topological polar surface area (TPSA) is 12.0 Å². The number of halogens is 2. The summed E-state index contributed by atoms with van der Waals surface area (Å²) < 4.78 is 0. The number of nitrogens with one attached hydrogen (secondary N) is 1. The maximum atomic E-state index is 6.04. The Hall–Kier alpha value is -0.240. The van der Waals surface area contributed by atoms with E-state index in [-0.39, 0.29) is 0 Å². The van der Waals surface area contributed by atoms with E-state index in [9.17, 15) is 0 Å². The van der Waals surface area contributed by atoms with Crippen LogP contribution in [-0.4, -0.2) is 13.1 Å². The molecule has 1 heterocycles. The molecule has 2 rings (SSSR count). The molecule has 0 unspecified atom stereocenters. The third kappa shape index (κ3) is 1.33. The lowest BCUT2D eigenvalue weighted by molar-refractivity contribution is 0.448. The average Bonchev–Trinajstić information content (AvgIpc) is 1.95. The Morgan fingerprint density at radius 3 is 2.58 bits per heavy atom. The van der Waals surface area contributed by atoms with E-state index in [4.69, 9.17) is 23.2 Å². The van der Waals surface area contributed by atoms with E-state index in [2.05, 4.69) is 5.32 Å². The first-order chi connectivity index (χ1) is 5.79. The van der Waals surface area contributed by atoms with Gasteiger partial charge in [-0.05, 0) is 11.6 Å². The highest BCUT2D eigenvalue weighted by atomic mass is 35.5. The van der Waals surface area contributed by atoms with Crippen molar-refractivity contribution in [2.45, 2.75) is 5.92 Å². The SMILES string of the molecule is Clc1cccc(C2CNC2)c1Cl. The zero-order valence-corrected chi connectivity index (χ0v) is 7.99. The molecule has 0 atom stereocenters. The summed E-state index contributed by atoms with van der Waals surface area (Å²) >= 11 is 11.9. The van der Waals surface area contributed by atoms with Crippen molar-refractivity contribution >= 4 is 23.2 Å². The van der Waals surface area contributed by atoms with Crippen molar-refractivity contribution in [2.75, 3.05) is 13.1 Å². The van der Waals surface area contributed by atoms with Crippen LogP contribution in [0.1, 0.15) is 11.5 Å². The first-order valence-corrected chi connectivity index (χ1v) is 4.69. The van der Waals surface area contributed by atoms with Crippen molar-refractivity contribution < 1.29 is 0 Å². The van der Waals surface area contributed by atoms with Gasteiger partial charge in [0.2, 0.25) is 0 Å². The van der Waals surface area contributed by atoms with Crippen LogP contribution in [0, 0.1) is 0 Å². The predicted molar refractivity (Wildman–Crippen MR) is 52.1 cm³/mol. The number of hydrogen-bond donors (Lipinski definition) is 1. The summed E-state index contributed by atoms with van der Waals surface area (Å²) in [6.45, 7) is 2.03. The lowest BCUT2D eigenvalue weighted by Crippen LogP contribution is -2.39. The van der Waals surface area contributed by atoms with Crippen LogP contribution < -0.4 is 5.32 Å². The van der Waals surface area contributed by atoms with Crippen molar-refractivity contribution in [1.82, 2.24) is 5.32 Å². The summed E-state index contributed by atoms with van der Waals surface area (Å²) in [4.78, 5) is 0. The number of hydrogen-bond acceptors (Lipinski definition) is 1. The minimum absolute atomic E-state index is 0.552. The molecule has 0 radical (unpaired) electrons. The lowest BCUT2D eigenvalue weighted by Gasteiger charge is -2.28. The molecule has 1 aromatic rings. The van der Waals surface area contributed by atoms with E-state index in [0.717, 1.165) is 13.1 Å². The Bertz CT molecular complexity index is 295. The van der Waals surface area contributed by atoms with Gasteiger partial charge in [0.05, 0.1) is 10.0 Å². The Morgan fingerprint density at radius 1 is 1.25 bits per heavy atom. The first-order valence-electron chi connectivity index (χ1n) is 3.93. The lowest BCUT2D eigenvalue weighted by atomic mass is 9.94. The van der Waals surface area contributed by atoms with Crippen molar-refractivity contribution in [1.29, 1.82) is 0 Å². The van der Waals surface area contributed by atoms with Gasteiger partial charge >= 0.3 is 0 Å². The van der Waals surface area contributed by atoms with Crippen LogP contribution in [0.25, 0.3) is 0 Å². The Morgan fingerprint density at radius 2 is 2.00 bits per heavy atom. The smallest absolute Gasteiger partial charge is 0.0628 e. The normalized spacial score (nSPS) is 17.5. The van der Waals surface area contributed by atoms with Crippen LogP contribution in [0.5, 0.6) is 0 Å². The third-order valence-electron chi connectivity index (χ3n) is 2.20. The second-order valence-electron chi connectivity index (χ2n) is 3.00. The summed E-state index contributed by atoms with van der Waals surface area (Å²) in [5.74, 6) is 0.552. The molecule has 12 heavy (non-hydrogen) atoms. The summed E-state index contributed by atoms with van der Waals surface area (Å²) in [5, 5.41) is 4.57. The molecule has 0 aromatic heterocycles. The summed E-state index contributed by atoms with van der Waals surface area (Å²) in [6.07, 6.45) is 0. The first kappa shape index (κ1) is 8.36. The molecule has 1 aliphatic rings. The molecule has 0 aliphatic carbocycles. The fourth-order valence-corrected chi connectivity index (χ4v) is 1.81. The Labute approximate surface area is 81.7 Å². The maximum absolute atomic E-state index is 6.04. The molecular formula is C9H9Cl2N. The van der Waals surface area contributed by atoms with Gasteiger partial charge in [-0.25, -0.2) is 0 Å². The van der Waals surface area contributed by atoms with Crippen LogP contribution in [-0.2, 0) is 0 Å². The van der Waals surface area contributed by atoms with Gasteiger partial charge in [-0.2, -0.15) is 0 Å². The second-order valence-corrected chi connectivity index (χ2v) is 3.78. The molecule has 1 nitrogen and oxygen atoms in total. The van der Waals surface area contributed by atoms with E-state index in [1.807, 2.05) is 18.2 Å².